The molecular weight excluding hydrogens is 96.1 g/mol. The van der Waals surface area contributed by atoms with Gasteiger partial charge in [-0.1, -0.05) is 23.8 Å². The smallest absolute Gasteiger partial charge is 0.0136 e. The van der Waals surface area contributed by atoms with Crippen molar-refractivity contribution < 1.29 is 0 Å². The monoisotopic (exact) mass is 109 g/mol. The SMILES string of the molecule is [CH]=C(C)CC=C(C)C. The minimum atomic E-state index is 0.919. The molecule has 0 amide bonds. The van der Waals surface area contributed by atoms with Crippen LogP contribution >= 0.6 is 0 Å². The first-order valence-corrected chi connectivity index (χ1v) is 2.84. The van der Waals surface area contributed by atoms with Crippen molar-refractivity contribution in [2.75, 3.05) is 0 Å². The molecule has 45 valence electrons. The fraction of sp³-hybridized carbons (Fsp3) is 0.500. The highest BCUT2D eigenvalue weighted by molar-refractivity contribution is 5.01. The lowest BCUT2D eigenvalue weighted by Crippen LogP contribution is -1.69. The van der Waals surface area contributed by atoms with Crippen molar-refractivity contribution in [1.29, 1.82) is 0 Å². The first kappa shape index (κ1) is 7.48. The van der Waals surface area contributed by atoms with Crippen molar-refractivity contribution in [3.63, 3.8) is 0 Å². The van der Waals surface area contributed by atoms with Gasteiger partial charge in [0.25, 0.3) is 0 Å². The molecule has 0 heteroatoms. The minimum Gasteiger partial charge on any atom is -0.0818 e. The largest absolute Gasteiger partial charge is 0.0818 e. The van der Waals surface area contributed by atoms with Gasteiger partial charge in [0, 0.05) is 0 Å². The van der Waals surface area contributed by atoms with Crippen LogP contribution < -0.4 is 0 Å². The van der Waals surface area contributed by atoms with E-state index in [1.807, 2.05) is 6.92 Å². The van der Waals surface area contributed by atoms with E-state index < -0.39 is 0 Å². The molecule has 0 atom stereocenters. The normalized spacial score (nSPS) is 8.38. The maximum absolute atomic E-state index is 5.41. The molecule has 0 aliphatic rings. The van der Waals surface area contributed by atoms with Gasteiger partial charge in [-0.25, -0.2) is 0 Å². The highest BCUT2D eigenvalue weighted by Crippen LogP contribution is 1.99. The average Bonchev–Trinajstić information content (AvgIpc) is 1.61. The van der Waals surface area contributed by atoms with E-state index in [1.165, 1.54) is 5.57 Å². The van der Waals surface area contributed by atoms with Crippen molar-refractivity contribution in [3.05, 3.63) is 23.8 Å². The molecular formula is C8H13. The second kappa shape index (κ2) is 3.48. The average molecular weight is 109 g/mol. The Labute approximate surface area is 51.9 Å². The van der Waals surface area contributed by atoms with Gasteiger partial charge >= 0.3 is 0 Å². The van der Waals surface area contributed by atoms with Gasteiger partial charge in [-0.3, -0.25) is 0 Å². The van der Waals surface area contributed by atoms with Gasteiger partial charge in [-0.05, 0) is 27.2 Å². The summed E-state index contributed by atoms with van der Waals surface area (Å²) < 4.78 is 0. The molecule has 0 aliphatic heterocycles. The van der Waals surface area contributed by atoms with Crippen molar-refractivity contribution in [1.82, 2.24) is 0 Å². The van der Waals surface area contributed by atoms with Crippen LogP contribution in [-0.4, -0.2) is 0 Å². The summed E-state index contributed by atoms with van der Waals surface area (Å²) in [6.07, 6.45) is 3.04. The summed E-state index contributed by atoms with van der Waals surface area (Å²) >= 11 is 0. The Hall–Kier alpha value is -0.520. The zero-order valence-corrected chi connectivity index (χ0v) is 5.86. The van der Waals surface area contributed by atoms with E-state index in [0.717, 1.165) is 12.0 Å². The quantitative estimate of drug-likeness (QED) is 0.478. The second-order valence-electron chi connectivity index (χ2n) is 2.33. The summed E-state index contributed by atoms with van der Waals surface area (Å²) in [5.41, 5.74) is 2.31. The zero-order valence-electron chi connectivity index (χ0n) is 5.86. The fourth-order valence-electron chi connectivity index (χ4n) is 0.365. The molecule has 8 heavy (non-hydrogen) atoms. The van der Waals surface area contributed by atoms with E-state index in [2.05, 4.69) is 19.9 Å². The van der Waals surface area contributed by atoms with E-state index in [9.17, 15) is 0 Å². The summed E-state index contributed by atoms with van der Waals surface area (Å²) in [6, 6.07) is 0. The predicted octanol–water partition coefficient (Wildman–Crippen LogP) is 2.72. The third kappa shape index (κ3) is 5.48. The molecule has 0 aromatic heterocycles. The van der Waals surface area contributed by atoms with E-state index in [-0.39, 0.29) is 0 Å². The Morgan fingerprint density at radius 2 is 1.88 bits per heavy atom. The molecule has 0 saturated heterocycles. The van der Waals surface area contributed by atoms with Crippen LogP contribution in [0.4, 0.5) is 0 Å². The summed E-state index contributed by atoms with van der Waals surface area (Å²) in [5.74, 6) is 0. The molecule has 0 heterocycles. The molecule has 0 aliphatic carbocycles. The van der Waals surface area contributed by atoms with Gasteiger partial charge < -0.3 is 0 Å². The van der Waals surface area contributed by atoms with Gasteiger partial charge in [0.15, 0.2) is 0 Å². The molecule has 0 nitrogen and oxygen atoms in total. The minimum absolute atomic E-state index is 0.919. The number of hydrogen-bond acceptors (Lipinski definition) is 0. The van der Waals surface area contributed by atoms with Crippen LogP contribution in [0.1, 0.15) is 27.2 Å². The molecule has 0 unspecified atom stereocenters. The Balaban J connectivity index is 3.45. The van der Waals surface area contributed by atoms with E-state index in [1.54, 1.807) is 0 Å². The van der Waals surface area contributed by atoms with Gasteiger partial charge in [-0.15, -0.1) is 0 Å². The van der Waals surface area contributed by atoms with Crippen LogP contribution in [-0.2, 0) is 0 Å². The maximum atomic E-state index is 5.41. The Bertz CT molecular complexity index is 103. The van der Waals surface area contributed by atoms with Crippen LogP contribution in [0.15, 0.2) is 17.2 Å². The molecule has 0 aromatic rings. The van der Waals surface area contributed by atoms with Gasteiger partial charge in [0.2, 0.25) is 0 Å². The van der Waals surface area contributed by atoms with Crippen LogP contribution in [0.5, 0.6) is 0 Å². The standard InChI is InChI=1S/C8H13/c1-7(2)5-6-8(3)4/h1,6H,5H2,2-4H3. The molecule has 0 saturated carbocycles. The van der Waals surface area contributed by atoms with Crippen LogP contribution in [0.25, 0.3) is 0 Å². The first-order valence-electron chi connectivity index (χ1n) is 2.84. The second-order valence-corrected chi connectivity index (χ2v) is 2.33. The van der Waals surface area contributed by atoms with Crippen molar-refractivity contribution in [3.8, 4) is 0 Å². The summed E-state index contributed by atoms with van der Waals surface area (Å²) in [7, 11) is 0. The number of hydrogen-bond donors (Lipinski definition) is 0. The third-order valence-electron chi connectivity index (χ3n) is 0.832. The zero-order chi connectivity index (χ0) is 6.57. The van der Waals surface area contributed by atoms with Crippen LogP contribution in [0.3, 0.4) is 0 Å². The van der Waals surface area contributed by atoms with Gasteiger partial charge in [0.1, 0.15) is 0 Å². The highest BCUT2D eigenvalue weighted by Gasteiger charge is 1.79. The maximum Gasteiger partial charge on any atom is -0.0136 e. The van der Waals surface area contributed by atoms with Gasteiger partial charge in [-0.2, -0.15) is 0 Å². The fourth-order valence-corrected chi connectivity index (χ4v) is 0.365. The Morgan fingerprint density at radius 1 is 1.38 bits per heavy atom. The molecule has 0 fully saturated rings. The lowest BCUT2D eigenvalue weighted by atomic mass is 10.2. The summed E-state index contributed by atoms with van der Waals surface area (Å²) in [5, 5.41) is 0. The molecule has 0 N–H and O–H groups in total. The lowest BCUT2D eigenvalue weighted by Gasteiger charge is -1.89. The lowest BCUT2D eigenvalue weighted by molar-refractivity contribution is 1.18. The summed E-state index contributed by atoms with van der Waals surface area (Å²) in [6.45, 7) is 11.5. The Morgan fingerprint density at radius 3 is 2.00 bits per heavy atom. The first-order chi connectivity index (χ1) is 3.63. The molecule has 0 aromatic carbocycles. The molecule has 0 rings (SSSR count). The Kier molecular flexibility index (Phi) is 3.25. The molecule has 0 bridgehead atoms. The topological polar surface area (TPSA) is 0 Å². The van der Waals surface area contributed by atoms with Crippen LogP contribution in [0.2, 0.25) is 0 Å². The predicted molar refractivity (Wildman–Crippen MR) is 37.5 cm³/mol. The van der Waals surface area contributed by atoms with E-state index in [4.69, 9.17) is 6.58 Å². The van der Waals surface area contributed by atoms with Crippen LogP contribution in [0, 0.1) is 6.58 Å². The molecule has 0 spiro atoms. The number of rotatable bonds is 2. The van der Waals surface area contributed by atoms with E-state index >= 15 is 0 Å². The van der Waals surface area contributed by atoms with Crippen molar-refractivity contribution >= 4 is 0 Å². The summed E-state index contributed by atoms with van der Waals surface area (Å²) in [4.78, 5) is 0. The van der Waals surface area contributed by atoms with Gasteiger partial charge in [0.05, 0.1) is 0 Å². The highest BCUT2D eigenvalue weighted by atomic mass is 13.9. The molecule has 1 radical (unpaired) electrons. The number of allylic oxidation sites excluding steroid dienone is 3. The third-order valence-corrected chi connectivity index (χ3v) is 0.832. The van der Waals surface area contributed by atoms with Crippen molar-refractivity contribution in [2.24, 2.45) is 0 Å². The van der Waals surface area contributed by atoms with E-state index in [0.29, 0.717) is 0 Å². The van der Waals surface area contributed by atoms with Crippen molar-refractivity contribution in [2.45, 2.75) is 27.2 Å².